The van der Waals surface area contributed by atoms with E-state index in [2.05, 4.69) is 21.1 Å². The summed E-state index contributed by atoms with van der Waals surface area (Å²) < 4.78 is 12.4. The molecule has 0 saturated carbocycles. The predicted octanol–water partition coefficient (Wildman–Crippen LogP) is 6.43. The van der Waals surface area contributed by atoms with Crippen molar-refractivity contribution in [2.75, 3.05) is 0 Å². The average molecular weight is 589 g/mol. The fraction of sp³-hybridized carbons (Fsp3) is 0.0588. The van der Waals surface area contributed by atoms with E-state index in [0.29, 0.717) is 0 Å². The van der Waals surface area contributed by atoms with E-state index in [1.807, 2.05) is 121 Å². The second-order valence-corrected chi connectivity index (χ2v) is 10.2. The van der Waals surface area contributed by atoms with Crippen LogP contribution in [0.25, 0.3) is 0 Å². The van der Waals surface area contributed by atoms with Crippen LogP contribution in [0.5, 0.6) is 11.5 Å². The Hall–Kier alpha value is -5.54. The number of hydrogen-bond donors (Lipinski definition) is 2. The zero-order valence-corrected chi connectivity index (χ0v) is 23.9. The predicted molar refractivity (Wildman–Crippen MR) is 169 cm³/mol. The molecule has 0 fully saturated rings. The van der Waals surface area contributed by atoms with Crippen LogP contribution >= 0.6 is 11.3 Å². The van der Waals surface area contributed by atoms with Crippen LogP contribution in [0.4, 0.5) is 0 Å². The molecule has 0 aliphatic rings. The zero-order chi connectivity index (χ0) is 29.7. The molecule has 0 aliphatic carbocycles. The summed E-state index contributed by atoms with van der Waals surface area (Å²) in [6.07, 6.45) is 3.07. The number of rotatable bonds is 12. The molecule has 0 spiro atoms. The molecule has 5 aromatic rings. The molecule has 1 heterocycles. The van der Waals surface area contributed by atoms with E-state index >= 15 is 0 Å². The molecule has 2 amide bonds. The SMILES string of the molecule is O=C(N/N=C/c1ccccc1)c1sc(C(=O)N/N=C/c2ccccc2)c(OCc2ccccc2)c1OCc1ccccc1. The van der Waals surface area contributed by atoms with Gasteiger partial charge in [-0.25, -0.2) is 10.9 Å². The third kappa shape index (κ3) is 8.25. The molecule has 0 unspecified atom stereocenters. The van der Waals surface area contributed by atoms with Gasteiger partial charge in [-0.05, 0) is 22.3 Å². The van der Waals surface area contributed by atoms with Gasteiger partial charge in [0.25, 0.3) is 11.8 Å². The van der Waals surface area contributed by atoms with Crippen molar-refractivity contribution in [3.8, 4) is 11.5 Å². The van der Waals surface area contributed by atoms with Gasteiger partial charge in [-0.3, -0.25) is 9.59 Å². The van der Waals surface area contributed by atoms with Crippen molar-refractivity contribution in [1.82, 2.24) is 10.9 Å². The monoisotopic (exact) mass is 588 g/mol. The first-order valence-corrected chi connectivity index (χ1v) is 14.3. The first kappa shape index (κ1) is 29.0. The summed E-state index contributed by atoms with van der Waals surface area (Å²) in [6, 6.07) is 37.8. The third-order valence-corrected chi connectivity index (χ3v) is 7.20. The van der Waals surface area contributed by atoms with Gasteiger partial charge in [-0.2, -0.15) is 10.2 Å². The summed E-state index contributed by atoms with van der Waals surface area (Å²) >= 11 is 0.943. The first-order chi connectivity index (χ1) is 21.2. The molecule has 2 N–H and O–H groups in total. The Morgan fingerprint density at radius 3 is 1.28 bits per heavy atom. The largest absolute Gasteiger partial charge is 0.483 e. The number of ether oxygens (including phenoxy) is 2. The lowest BCUT2D eigenvalue weighted by Gasteiger charge is -2.12. The molecule has 0 saturated heterocycles. The zero-order valence-electron chi connectivity index (χ0n) is 23.1. The quantitative estimate of drug-likeness (QED) is 0.129. The fourth-order valence-corrected chi connectivity index (χ4v) is 4.90. The maximum Gasteiger partial charge on any atom is 0.285 e. The highest BCUT2D eigenvalue weighted by molar-refractivity contribution is 7.16. The number of thiophene rings is 1. The van der Waals surface area contributed by atoms with Crippen LogP contribution in [-0.4, -0.2) is 24.2 Å². The normalized spacial score (nSPS) is 11.0. The Morgan fingerprint density at radius 1 is 0.558 bits per heavy atom. The summed E-state index contributed by atoms with van der Waals surface area (Å²) in [7, 11) is 0. The van der Waals surface area contributed by atoms with Gasteiger partial charge < -0.3 is 9.47 Å². The number of carbonyl (C=O) groups is 2. The van der Waals surface area contributed by atoms with Gasteiger partial charge in [0.15, 0.2) is 11.5 Å². The van der Waals surface area contributed by atoms with Crippen LogP contribution in [0, 0.1) is 0 Å². The average Bonchev–Trinajstić information content (AvgIpc) is 3.43. The van der Waals surface area contributed by atoms with E-state index < -0.39 is 11.8 Å². The second-order valence-electron chi connectivity index (χ2n) is 9.19. The van der Waals surface area contributed by atoms with E-state index in [4.69, 9.17) is 9.47 Å². The maximum absolute atomic E-state index is 13.4. The number of carbonyl (C=O) groups excluding carboxylic acids is 2. The third-order valence-electron chi connectivity index (χ3n) is 6.05. The van der Waals surface area contributed by atoms with Crippen LogP contribution < -0.4 is 20.3 Å². The number of nitrogens with one attached hydrogen (secondary N) is 2. The summed E-state index contributed by atoms with van der Waals surface area (Å²) in [5.41, 5.74) is 8.50. The van der Waals surface area contributed by atoms with Crippen molar-refractivity contribution in [3.05, 3.63) is 153 Å². The van der Waals surface area contributed by atoms with Gasteiger partial charge in [-0.15, -0.1) is 11.3 Å². The molecule has 0 aliphatic heterocycles. The highest BCUT2D eigenvalue weighted by Crippen LogP contribution is 2.43. The van der Waals surface area contributed by atoms with Crippen molar-refractivity contribution in [2.45, 2.75) is 13.2 Å². The molecule has 4 aromatic carbocycles. The van der Waals surface area contributed by atoms with E-state index in [0.717, 1.165) is 33.6 Å². The van der Waals surface area contributed by atoms with Gasteiger partial charge in [0.1, 0.15) is 23.0 Å². The van der Waals surface area contributed by atoms with Crippen LogP contribution in [0.2, 0.25) is 0 Å². The highest BCUT2D eigenvalue weighted by Gasteiger charge is 2.30. The van der Waals surface area contributed by atoms with Gasteiger partial charge in [0.05, 0.1) is 12.4 Å². The maximum atomic E-state index is 13.4. The Kier molecular flexibility index (Phi) is 10.0. The number of benzene rings is 4. The van der Waals surface area contributed by atoms with Crippen molar-refractivity contribution >= 4 is 35.6 Å². The van der Waals surface area contributed by atoms with Crippen molar-refractivity contribution in [1.29, 1.82) is 0 Å². The number of hydrazone groups is 2. The van der Waals surface area contributed by atoms with Crippen LogP contribution in [-0.2, 0) is 13.2 Å². The lowest BCUT2D eigenvalue weighted by Crippen LogP contribution is -2.17. The number of nitrogens with zero attached hydrogens (tertiary/aromatic N) is 2. The summed E-state index contributed by atoms with van der Waals surface area (Å²) in [6.45, 7) is 0.306. The minimum Gasteiger partial charge on any atom is -0.483 e. The smallest absolute Gasteiger partial charge is 0.285 e. The van der Waals surface area contributed by atoms with Crippen molar-refractivity contribution < 1.29 is 19.1 Å². The molecular weight excluding hydrogens is 560 g/mol. The molecule has 43 heavy (non-hydrogen) atoms. The lowest BCUT2D eigenvalue weighted by atomic mass is 10.2. The molecule has 1 aromatic heterocycles. The van der Waals surface area contributed by atoms with E-state index in [-0.39, 0.29) is 34.5 Å². The molecule has 214 valence electrons. The van der Waals surface area contributed by atoms with E-state index in [1.54, 1.807) is 0 Å². The minimum atomic E-state index is -0.545. The van der Waals surface area contributed by atoms with Crippen LogP contribution in [0.1, 0.15) is 41.6 Å². The Morgan fingerprint density at radius 2 is 0.907 bits per heavy atom. The van der Waals surface area contributed by atoms with Gasteiger partial charge in [0, 0.05) is 0 Å². The summed E-state index contributed by atoms with van der Waals surface area (Å²) in [5.74, 6) is -0.794. The second kappa shape index (κ2) is 14.9. The highest BCUT2D eigenvalue weighted by atomic mass is 32.1. The van der Waals surface area contributed by atoms with Crippen molar-refractivity contribution in [2.24, 2.45) is 10.2 Å². The molecule has 8 nitrogen and oxygen atoms in total. The molecule has 5 rings (SSSR count). The lowest BCUT2D eigenvalue weighted by molar-refractivity contribution is 0.0944. The van der Waals surface area contributed by atoms with Crippen molar-refractivity contribution in [3.63, 3.8) is 0 Å². The van der Waals surface area contributed by atoms with Gasteiger partial charge >= 0.3 is 0 Å². The molecule has 9 heteroatoms. The molecule has 0 radical (unpaired) electrons. The Bertz CT molecular complexity index is 1560. The fourth-order valence-electron chi connectivity index (χ4n) is 3.93. The molecular formula is C34H28N4O4S. The molecule has 0 bridgehead atoms. The first-order valence-electron chi connectivity index (χ1n) is 13.4. The Labute approximate surface area is 253 Å². The van der Waals surface area contributed by atoms with Gasteiger partial charge in [-0.1, -0.05) is 121 Å². The van der Waals surface area contributed by atoms with E-state index in [1.165, 1.54) is 12.4 Å². The summed E-state index contributed by atoms with van der Waals surface area (Å²) in [4.78, 5) is 27.1. The van der Waals surface area contributed by atoms with E-state index in [9.17, 15) is 9.59 Å². The Balaban J connectivity index is 1.46. The molecule has 0 atom stereocenters. The summed E-state index contributed by atoms with van der Waals surface area (Å²) in [5, 5.41) is 8.20. The van der Waals surface area contributed by atoms with Gasteiger partial charge in [0.2, 0.25) is 0 Å². The van der Waals surface area contributed by atoms with Crippen LogP contribution in [0.15, 0.2) is 132 Å². The van der Waals surface area contributed by atoms with Crippen LogP contribution in [0.3, 0.4) is 0 Å². The standard InChI is InChI=1S/C34H28N4O4S/c39-33(37-35-21-25-13-5-1-6-14-25)31-29(41-23-27-17-9-3-10-18-27)30(42-24-28-19-11-4-12-20-28)32(43-31)34(40)38-36-22-26-15-7-2-8-16-26/h1-22H,23-24H2,(H,37,39)(H,38,40)/b35-21+,36-22+. The number of amides is 2. The topological polar surface area (TPSA) is 101 Å². The minimum absolute atomic E-state index is 0.140. The number of hydrogen-bond acceptors (Lipinski definition) is 7.